The Labute approximate surface area is 158 Å². The molecule has 1 N–H and O–H groups in total. The zero-order chi connectivity index (χ0) is 19.4. The maximum Gasteiger partial charge on any atom is 0.281 e. The molecule has 1 amide bonds. The van der Waals surface area contributed by atoms with E-state index in [1.165, 1.54) is 36.8 Å². The van der Waals surface area contributed by atoms with Crippen LogP contribution in [0.25, 0.3) is 10.1 Å². The molecule has 9 heteroatoms. The number of ether oxygens (including phenoxy) is 2. The Bertz CT molecular complexity index is 1040. The second-order valence-corrected chi connectivity index (χ2v) is 6.49. The highest BCUT2D eigenvalue weighted by Gasteiger charge is 2.13. The highest BCUT2D eigenvalue weighted by molar-refractivity contribution is 7.20. The Morgan fingerprint density at radius 3 is 2.63 bits per heavy atom. The van der Waals surface area contributed by atoms with Gasteiger partial charge in [-0.1, -0.05) is 0 Å². The van der Waals surface area contributed by atoms with Crippen LogP contribution in [0.3, 0.4) is 0 Å². The van der Waals surface area contributed by atoms with Crippen LogP contribution in [0.5, 0.6) is 11.5 Å². The van der Waals surface area contributed by atoms with E-state index in [1.54, 1.807) is 37.4 Å². The Balaban J connectivity index is 1.73. The normalized spacial score (nSPS) is 10.9. The minimum absolute atomic E-state index is 0.0151. The van der Waals surface area contributed by atoms with Crippen molar-refractivity contribution in [1.29, 1.82) is 0 Å². The summed E-state index contributed by atoms with van der Waals surface area (Å²) in [6.45, 7) is 0. The largest absolute Gasteiger partial charge is 0.493 e. The number of hydrogen-bond donors (Lipinski definition) is 1. The van der Waals surface area contributed by atoms with Crippen molar-refractivity contribution in [2.75, 3.05) is 14.2 Å². The van der Waals surface area contributed by atoms with E-state index in [4.69, 9.17) is 9.47 Å². The minimum Gasteiger partial charge on any atom is -0.493 e. The number of nitro benzene ring substituents is 1. The average Bonchev–Trinajstić information content (AvgIpc) is 3.11. The molecule has 0 aliphatic carbocycles. The second-order valence-electron chi connectivity index (χ2n) is 5.40. The molecule has 0 radical (unpaired) electrons. The van der Waals surface area contributed by atoms with Gasteiger partial charge in [0.15, 0.2) is 11.5 Å². The lowest BCUT2D eigenvalue weighted by Gasteiger charge is -2.07. The van der Waals surface area contributed by atoms with Crippen LogP contribution in [0.15, 0.2) is 47.6 Å². The van der Waals surface area contributed by atoms with E-state index in [2.05, 4.69) is 10.5 Å². The predicted octanol–water partition coefficient (Wildman–Crippen LogP) is 3.59. The summed E-state index contributed by atoms with van der Waals surface area (Å²) >= 11 is 1.24. The van der Waals surface area contributed by atoms with Gasteiger partial charge in [-0.25, -0.2) is 5.43 Å². The Hall–Kier alpha value is -3.46. The maximum atomic E-state index is 12.3. The number of non-ortho nitro benzene ring substituents is 1. The first-order chi connectivity index (χ1) is 13.0. The Kier molecular flexibility index (Phi) is 5.32. The fourth-order valence-electron chi connectivity index (χ4n) is 2.41. The fourth-order valence-corrected chi connectivity index (χ4v) is 3.34. The van der Waals surface area contributed by atoms with E-state index in [-0.39, 0.29) is 5.69 Å². The molecule has 0 atom stereocenters. The van der Waals surface area contributed by atoms with Gasteiger partial charge in [0.05, 0.1) is 30.2 Å². The van der Waals surface area contributed by atoms with E-state index >= 15 is 0 Å². The summed E-state index contributed by atoms with van der Waals surface area (Å²) in [6, 6.07) is 11.3. The van der Waals surface area contributed by atoms with E-state index in [9.17, 15) is 14.9 Å². The van der Waals surface area contributed by atoms with E-state index < -0.39 is 10.8 Å². The third-order valence-corrected chi connectivity index (χ3v) is 4.84. The summed E-state index contributed by atoms with van der Waals surface area (Å²) in [5.74, 6) is 0.757. The van der Waals surface area contributed by atoms with E-state index in [1.807, 2.05) is 0 Å². The molecule has 1 aromatic heterocycles. The number of carbonyl (C=O) groups excluding carboxylic acids is 1. The second kappa shape index (κ2) is 7.83. The van der Waals surface area contributed by atoms with Crippen molar-refractivity contribution in [3.05, 3.63) is 63.0 Å². The first kappa shape index (κ1) is 18.3. The molecule has 0 aliphatic heterocycles. The summed E-state index contributed by atoms with van der Waals surface area (Å²) in [7, 11) is 3.08. The molecule has 0 bridgehead atoms. The van der Waals surface area contributed by atoms with Gasteiger partial charge in [-0.2, -0.15) is 5.10 Å². The maximum absolute atomic E-state index is 12.3. The van der Waals surface area contributed by atoms with Crippen molar-refractivity contribution >= 4 is 39.2 Å². The number of hydrazone groups is 1. The van der Waals surface area contributed by atoms with Crippen LogP contribution < -0.4 is 14.9 Å². The number of nitrogens with one attached hydrogen (secondary N) is 1. The summed E-state index contributed by atoms with van der Waals surface area (Å²) in [6.07, 6.45) is 1.48. The molecular formula is C18H15N3O5S. The van der Waals surface area contributed by atoms with Gasteiger partial charge >= 0.3 is 0 Å². The van der Waals surface area contributed by atoms with E-state index in [0.717, 1.165) is 10.3 Å². The topological polar surface area (TPSA) is 103 Å². The number of fused-ring (bicyclic) bond motifs is 1. The summed E-state index contributed by atoms with van der Waals surface area (Å²) in [5.41, 5.74) is 3.15. The molecule has 3 aromatic rings. The molecule has 0 aliphatic rings. The average molecular weight is 385 g/mol. The molecule has 138 valence electrons. The molecule has 0 saturated carbocycles. The van der Waals surface area contributed by atoms with Crippen molar-refractivity contribution in [3.8, 4) is 11.5 Å². The molecule has 27 heavy (non-hydrogen) atoms. The van der Waals surface area contributed by atoms with Crippen LogP contribution in [0.1, 0.15) is 15.2 Å². The number of thiophene rings is 1. The van der Waals surface area contributed by atoms with Crippen molar-refractivity contribution in [1.82, 2.24) is 5.43 Å². The van der Waals surface area contributed by atoms with Gasteiger partial charge in [-0.3, -0.25) is 14.9 Å². The molecule has 2 aromatic carbocycles. The quantitative estimate of drug-likeness (QED) is 0.397. The Morgan fingerprint density at radius 1 is 1.15 bits per heavy atom. The molecule has 0 saturated heterocycles. The standard InChI is InChI=1S/C18H15N3O5S/c1-25-14-5-3-11(7-15(14)26-2)10-19-20-18(22)17-9-12-8-13(21(23)24)4-6-16(12)27-17/h3-10H,1-2H3,(H,20,22)/b19-10-. The first-order valence-corrected chi connectivity index (χ1v) is 8.57. The van der Waals surface area contributed by atoms with Gasteiger partial charge in [-0.05, 0) is 35.9 Å². The van der Waals surface area contributed by atoms with Crippen LogP contribution in [-0.4, -0.2) is 31.3 Å². The molecule has 8 nitrogen and oxygen atoms in total. The smallest absolute Gasteiger partial charge is 0.281 e. The highest BCUT2D eigenvalue weighted by Crippen LogP contribution is 2.29. The Morgan fingerprint density at radius 2 is 1.93 bits per heavy atom. The van der Waals surface area contributed by atoms with Gasteiger partial charge in [0.1, 0.15) is 0 Å². The zero-order valence-corrected chi connectivity index (χ0v) is 15.3. The van der Waals surface area contributed by atoms with Crippen molar-refractivity contribution in [2.45, 2.75) is 0 Å². The number of methoxy groups -OCH3 is 2. The van der Waals surface area contributed by atoms with Gasteiger partial charge in [0, 0.05) is 22.2 Å². The minimum atomic E-state index is -0.468. The SMILES string of the molecule is COc1ccc(/C=N\NC(=O)c2cc3cc([N+](=O)[O-])ccc3s2)cc1OC. The number of hydrogen-bond acceptors (Lipinski definition) is 7. The van der Waals surface area contributed by atoms with E-state index in [0.29, 0.717) is 21.8 Å². The number of benzene rings is 2. The summed E-state index contributed by atoms with van der Waals surface area (Å²) in [5, 5.41) is 15.4. The number of nitro groups is 1. The highest BCUT2D eigenvalue weighted by atomic mass is 32.1. The molecule has 3 rings (SSSR count). The third kappa shape index (κ3) is 4.04. The van der Waals surface area contributed by atoms with Crippen molar-refractivity contribution < 1.29 is 19.2 Å². The van der Waals surface area contributed by atoms with Crippen LogP contribution >= 0.6 is 11.3 Å². The molecule has 0 unspecified atom stereocenters. The van der Waals surface area contributed by atoms with Gasteiger partial charge in [0.25, 0.3) is 11.6 Å². The van der Waals surface area contributed by atoms with Crippen LogP contribution in [0.2, 0.25) is 0 Å². The van der Waals surface area contributed by atoms with Crippen LogP contribution in [0.4, 0.5) is 5.69 Å². The van der Waals surface area contributed by atoms with Gasteiger partial charge < -0.3 is 9.47 Å². The molecular weight excluding hydrogens is 370 g/mol. The zero-order valence-electron chi connectivity index (χ0n) is 14.5. The summed E-state index contributed by atoms with van der Waals surface area (Å²) < 4.78 is 11.2. The lowest BCUT2D eigenvalue weighted by atomic mass is 10.2. The van der Waals surface area contributed by atoms with Crippen molar-refractivity contribution in [2.24, 2.45) is 5.10 Å². The van der Waals surface area contributed by atoms with Crippen LogP contribution in [-0.2, 0) is 0 Å². The molecule has 0 fully saturated rings. The fraction of sp³-hybridized carbons (Fsp3) is 0.111. The number of nitrogens with zero attached hydrogens (tertiary/aromatic N) is 2. The van der Waals surface area contributed by atoms with Gasteiger partial charge in [-0.15, -0.1) is 11.3 Å². The monoisotopic (exact) mass is 385 g/mol. The van der Waals surface area contributed by atoms with Crippen molar-refractivity contribution in [3.63, 3.8) is 0 Å². The summed E-state index contributed by atoms with van der Waals surface area (Å²) in [4.78, 5) is 23.0. The lowest BCUT2D eigenvalue weighted by molar-refractivity contribution is -0.384. The lowest BCUT2D eigenvalue weighted by Crippen LogP contribution is -2.16. The van der Waals surface area contributed by atoms with Crippen LogP contribution in [0, 0.1) is 10.1 Å². The predicted molar refractivity (Wildman–Crippen MR) is 103 cm³/mol. The molecule has 0 spiro atoms. The third-order valence-electron chi connectivity index (χ3n) is 3.72. The number of carbonyl (C=O) groups is 1. The first-order valence-electron chi connectivity index (χ1n) is 7.75. The number of rotatable bonds is 6. The molecule has 1 heterocycles. The van der Waals surface area contributed by atoms with Gasteiger partial charge in [0.2, 0.25) is 0 Å². The number of amides is 1.